The molecule has 1 saturated heterocycles. The average Bonchev–Trinajstić information content (AvgIpc) is 2.82. The van der Waals surface area contributed by atoms with Gasteiger partial charge in [0.15, 0.2) is 0 Å². The van der Waals surface area contributed by atoms with Crippen molar-refractivity contribution in [3.8, 4) is 0 Å². The van der Waals surface area contributed by atoms with Crippen LogP contribution in [0.1, 0.15) is 37.7 Å². The van der Waals surface area contributed by atoms with Gasteiger partial charge >= 0.3 is 0 Å². The molecule has 0 N–H and O–H groups in total. The summed E-state index contributed by atoms with van der Waals surface area (Å²) < 4.78 is 1.87. The molecular weight excluding hydrogens is 372 g/mol. The van der Waals surface area contributed by atoms with Gasteiger partial charge in [0.25, 0.3) is 5.56 Å². The zero-order valence-corrected chi connectivity index (χ0v) is 17.5. The van der Waals surface area contributed by atoms with Crippen LogP contribution in [0.5, 0.6) is 0 Å². The Hall–Kier alpha value is -2.66. The third-order valence-corrected chi connectivity index (χ3v) is 6.71. The lowest BCUT2D eigenvalue weighted by molar-refractivity contribution is 0.147. The van der Waals surface area contributed by atoms with Crippen LogP contribution in [-0.2, 0) is 6.54 Å². The maximum atomic E-state index is 13.4. The zero-order valence-electron chi connectivity index (χ0n) is 17.5. The fourth-order valence-corrected chi connectivity index (χ4v) is 5.04. The second kappa shape index (κ2) is 8.60. The van der Waals surface area contributed by atoms with Crippen LogP contribution in [0.4, 0.5) is 5.95 Å². The Labute approximate surface area is 178 Å². The summed E-state index contributed by atoms with van der Waals surface area (Å²) in [7, 11) is 0. The molecule has 2 fully saturated rings. The minimum atomic E-state index is 0.0502. The highest BCUT2D eigenvalue weighted by Crippen LogP contribution is 2.25. The van der Waals surface area contributed by atoms with Gasteiger partial charge in [-0.15, -0.1) is 0 Å². The van der Waals surface area contributed by atoms with Crippen LogP contribution < -0.4 is 10.5 Å². The lowest BCUT2D eigenvalue weighted by atomic mass is 9.94. The molecule has 0 spiro atoms. The first-order chi connectivity index (χ1) is 14.8. The standard InChI is InChI=1S/C25H30N4O/c30-24-22-13-7-8-14-23(22)26-25(29(24)19-20-9-3-1-4-10-20)28-17-15-27(16-18-28)21-11-5-2-6-12-21/h1,3-4,7-10,13-14,21H,2,5-6,11-12,15-19H2. The van der Waals surface area contributed by atoms with Crippen LogP contribution in [-0.4, -0.2) is 46.7 Å². The molecule has 1 saturated carbocycles. The fourth-order valence-electron chi connectivity index (χ4n) is 5.04. The van der Waals surface area contributed by atoms with Gasteiger partial charge in [-0.2, -0.15) is 0 Å². The minimum Gasteiger partial charge on any atom is -0.340 e. The van der Waals surface area contributed by atoms with Gasteiger partial charge in [-0.25, -0.2) is 4.98 Å². The van der Waals surface area contributed by atoms with E-state index in [1.807, 2.05) is 47.0 Å². The first-order valence-electron chi connectivity index (χ1n) is 11.3. The van der Waals surface area contributed by atoms with Crippen LogP contribution in [0.15, 0.2) is 59.4 Å². The molecule has 156 valence electrons. The van der Waals surface area contributed by atoms with Crippen molar-refractivity contribution in [3.05, 3.63) is 70.5 Å². The van der Waals surface area contributed by atoms with Crippen molar-refractivity contribution >= 4 is 16.9 Å². The number of para-hydroxylation sites is 1. The second-order valence-corrected chi connectivity index (χ2v) is 8.62. The van der Waals surface area contributed by atoms with Gasteiger partial charge in [-0.1, -0.05) is 61.7 Å². The average molecular weight is 403 g/mol. The van der Waals surface area contributed by atoms with E-state index in [1.165, 1.54) is 32.1 Å². The Kier molecular flexibility index (Phi) is 5.54. The molecular formula is C25H30N4O. The number of hydrogen-bond acceptors (Lipinski definition) is 4. The number of fused-ring (bicyclic) bond motifs is 1. The van der Waals surface area contributed by atoms with Crippen molar-refractivity contribution in [2.75, 3.05) is 31.1 Å². The Morgan fingerprint density at radius 1 is 0.833 bits per heavy atom. The summed E-state index contributed by atoms with van der Waals surface area (Å²) in [5, 5.41) is 0.693. The van der Waals surface area contributed by atoms with Gasteiger partial charge in [-0.3, -0.25) is 14.3 Å². The van der Waals surface area contributed by atoms with Gasteiger partial charge in [0.1, 0.15) is 0 Å². The summed E-state index contributed by atoms with van der Waals surface area (Å²) in [5.74, 6) is 0.811. The number of rotatable bonds is 4. The molecule has 0 bridgehead atoms. The van der Waals surface area contributed by atoms with Crippen LogP contribution >= 0.6 is 0 Å². The van der Waals surface area contributed by atoms with E-state index in [0.29, 0.717) is 11.9 Å². The number of piperazine rings is 1. The van der Waals surface area contributed by atoms with Crippen molar-refractivity contribution in [2.45, 2.75) is 44.7 Å². The highest BCUT2D eigenvalue weighted by Gasteiger charge is 2.27. The number of anilines is 1. The van der Waals surface area contributed by atoms with E-state index in [-0.39, 0.29) is 5.56 Å². The highest BCUT2D eigenvalue weighted by atomic mass is 16.1. The summed E-state index contributed by atoms with van der Waals surface area (Å²) in [6, 6.07) is 18.7. The van der Waals surface area contributed by atoms with Crippen LogP contribution in [0.3, 0.4) is 0 Å². The smallest absolute Gasteiger partial charge is 0.263 e. The number of hydrogen-bond donors (Lipinski definition) is 0. The molecule has 1 aromatic heterocycles. The predicted molar refractivity (Wildman–Crippen MR) is 122 cm³/mol. The van der Waals surface area contributed by atoms with Crippen molar-refractivity contribution in [2.24, 2.45) is 0 Å². The van der Waals surface area contributed by atoms with Gasteiger partial charge in [0.2, 0.25) is 5.95 Å². The molecule has 1 aliphatic carbocycles. The highest BCUT2D eigenvalue weighted by molar-refractivity contribution is 5.78. The Balaban J connectivity index is 1.45. The summed E-state index contributed by atoms with van der Waals surface area (Å²) >= 11 is 0. The molecule has 5 nitrogen and oxygen atoms in total. The molecule has 1 aliphatic heterocycles. The van der Waals surface area contributed by atoms with E-state index in [2.05, 4.69) is 21.9 Å². The fraction of sp³-hybridized carbons (Fsp3) is 0.440. The first-order valence-corrected chi connectivity index (χ1v) is 11.3. The zero-order chi connectivity index (χ0) is 20.3. The summed E-state index contributed by atoms with van der Waals surface area (Å²) in [5.41, 5.74) is 1.96. The number of nitrogens with zero attached hydrogens (tertiary/aromatic N) is 4. The van der Waals surface area contributed by atoms with Crippen molar-refractivity contribution in [3.63, 3.8) is 0 Å². The second-order valence-electron chi connectivity index (χ2n) is 8.62. The number of aromatic nitrogens is 2. The molecule has 5 rings (SSSR count). The third kappa shape index (κ3) is 3.86. The molecule has 2 aromatic carbocycles. The Morgan fingerprint density at radius 3 is 2.30 bits per heavy atom. The maximum absolute atomic E-state index is 13.4. The maximum Gasteiger partial charge on any atom is 0.263 e. The van der Waals surface area contributed by atoms with Crippen molar-refractivity contribution < 1.29 is 0 Å². The monoisotopic (exact) mass is 402 g/mol. The predicted octanol–water partition coefficient (Wildman–Crippen LogP) is 3.90. The Morgan fingerprint density at radius 2 is 1.53 bits per heavy atom. The normalized spacial score (nSPS) is 18.7. The van der Waals surface area contributed by atoms with E-state index in [4.69, 9.17) is 4.98 Å². The topological polar surface area (TPSA) is 41.4 Å². The molecule has 0 amide bonds. The van der Waals surface area contributed by atoms with Gasteiger partial charge in [0, 0.05) is 32.2 Å². The summed E-state index contributed by atoms with van der Waals surface area (Å²) in [4.78, 5) is 23.3. The Bertz CT molecular complexity index is 1050. The van der Waals surface area contributed by atoms with Crippen LogP contribution in [0.2, 0.25) is 0 Å². The van der Waals surface area contributed by atoms with Crippen LogP contribution in [0, 0.1) is 0 Å². The van der Waals surface area contributed by atoms with E-state index < -0.39 is 0 Å². The molecule has 0 radical (unpaired) electrons. The molecule has 3 aromatic rings. The largest absolute Gasteiger partial charge is 0.340 e. The summed E-state index contributed by atoms with van der Waals surface area (Å²) in [6.45, 7) is 4.51. The first kappa shape index (κ1) is 19.3. The molecule has 0 unspecified atom stereocenters. The van der Waals surface area contributed by atoms with E-state index in [0.717, 1.165) is 49.2 Å². The van der Waals surface area contributed by atoms with Gasteiger partial charge < -0.3 is 4.90 Å². The molecule has 30 heavy (non-hydrogen) atoms. The SMILES string of the molecule is O=c1c2ccccc2nc(N2CCN(C3CCCCC3)CC2)n1Cc1ccccc1. The van der Waals surface area contributed by atoms with Crippen molar-refractivity contribution in [1.82, 2.24) is 14.5 Å². The molecule has 0 atom stereocenters. The molecule has 5 heteroatoms. The van der Waals surface area contributed by atoms with E-state index in [1.54, 1.807) is 0 Å². The van der Waals surface area contributed by atoms with Gasteiger partial charge in [-0.05, 0) is 30.5 Å². The lowest BCUT2D eigenvalue weighted by Crippen LogP contribution is -2.52. The van der Waals surface area contributed by atoms with Crippen LogP contribution in [0.25, 0.3) is 10.9 Å². The third-order valence-electron chi connectivity index (χ3n) is 6.71. The minimum absolute atomic E-state index is 0.0502. The van der Waals surface area contributed by atoms with E-state index >= 15 is 0 Å². The van der Waals surface area contributed by atoms with Gasteiger partial charge in [0.05, 0.1) is 17.4 Å². The van der Waals surface area contributed by atoms with Crippen molar-refractivity contribution in [1.29, 1.82) is 0 Å². The molecule has 2 aliphatic rings. The lowest BCUT2D eigenvalue weighted by Gasteiger charge is -2.41. The van der Waals surface area contributed by atoms with E-state index in [9.17, 15) is 4.79 Å². The molecule has 2 heterocycles. The quantitative estimate of drug-likeness (QED) is 0.664. The number of benzene rings is 2. The summed E-state index contributed by atoms with van der Waals surface area (Å²) in [6.07, 6.45) is 6.81.